The summed E-state index contributed by atoms with van der Waals surface area (Å²) in [5, 5.41) is 3.38. The first kappa shape index (κ1) is 13.9. The Bertz CT molecular complexity index is 363. The van der Waals surface area contributed by atoms with Gasteiger partial charge in [-0.15, -0.1) is 0 Å². The molecule has 0 amide bonds. The molecule has 3 nitrogen and oxygen atoms in total. The van der Waals surface area contributed by atoms with E-state index in [1.54, 1.807) is 0 Å². The van der Waals surface area contributed by atoms with E-state index in [1.165, 1.54) is 6.42 Å². The van der Waals surface area contributed by atoms with Crippen LogP contribution in [0, 0.1) is 0 Å². The van der Waals surface area contributed by atoms with Crippen LogP contribution in [0.3, 0.4) is 0 Å². The van der Waals surface area contributed by atoms with Gasteiger partial charge in [-0.05, 0) is 45.6 Å². The molecule has 3 N–H and O–H groups in total. The second kappa shape index (κ2) is 7.25. The van der Waals surface area contributed by atoms with E-state index >= 15 is 0 Å². The second-order valence-corrected chi connectivity index (χ2v) is 4.79. The van der Waals surface area contributed by atoms with Gasteiger partial charge in [0.2, 0.25) is 0 Å². The molecule has 0 radical (unpaired) electrons. The molecule has 0 aromatic heterocycles. The maximum atomic E-state index is 5.67. The van der Waals surface area contributed by atoms with Gasteiger partial charge in [0.05, 0.1) is 0 Å². The molecule has 0 saturated heterocycles. The fourth-order valence-electron chi connectivity index (χ4n) is 1.63. The van der Waals surface area contributed by atoms with E-state index in [1.807, 2.05) is 24.3 Å². The summed E-state index contributed by atoms with van der Waals surface area (Å²) >= 11 is 5.02. The Morgan fingerprint density at radius 3 is 2.65 bits per heavy atom. The van der Waals surface area contributed by atoms with Crippen molar-refractivity contribution in [1.29, 1.82) is 0 Å². The van der Waals surface area contributed by atoms with Crippen molar-refractivity contribution in [2.75, 3.05) is 32.5 Å². The lowest BCUT2D eigenvalue weighted by atomic mass is 10.1. The lowest BCUT2D eigenvalue weighted by Crippen LogP contribution is -2.16. The number of nitrogens with one attached hydrogen (secondary N) is 1. The number of anilines is 1. The molecule has 0 aliphatic rings. The molecule has 0 fully saturated rings. The van der Waals surface area contributed by atoms with Crippen LogP contribution in [0.1, 0.15) is 18.4 Å². The van der Waals surface area contributed by atoms with E-state index in [0.29, 0.717) is 4.99 Å². The standard InChI is InChI=1S/C13H21N3S/c1-16(2)10-6-5-9-15-12-8-4-3-7-11(12)13(14)17/h3-4,7-8,15H,5-6,9-10H2,1-2H3,(H2,14,17). The molecule has 4 heteroatoms. The quantitative estimate of drug-likeness (QED) is 0.575. The van der Waals surface area contributed by atoms with Crippen molar-refractivity contribution in [2.45, 2.75) is 12.8 Å². The minimum absolute atomic E-state index is 0.446. The fraction of sp³-hybridized carbons (Fsp3) is 0.462. The molecular weight excluding hydrogens is 230 g/mol. The van der Waals surface area contributed by atoms with Crippen LogP contribution in [0.25, 0.3) is 0 Å². The summed E-state index contributed by atoms with van der Waals surface area (Å²) in [7, 11) is 4.19. The minimum atomic E-state index is 0.446. The lowest BCUT2D eigenvalue weighted by Gasteiger charge is -2.12. The van der Waals surface area contributed by atoms with Gasteiger partial charge >= 0.3 is 0 Å². The summed E-state index contributed by atoms with van der Waals surface area (Å²) in [6.45, 7) is 2.08. The van der Waals surface area contributed by atoms with Gasteiger partial charge in [0.1, 0.15) is 4.99 Å². The van der Waals surface area contributed by atoms with E-state index < -0.39 is 0 Å². The number of benzene rings is 1. The normalized spacial score (nSPS) is 10.5. The van der Waals surface area contributed by atoms with Crippen LogP contribution in [-0.4, -0.2) is 37.1 Å². The highest BCUT2D eigenvalue weighted by Crippen LogP contribution is 2.14. The number of thiocarbonyl (C=S) groups is 1. The number of nitrogens with zero attached hydrogens (tertiary/aromatic N) is 1. The highest BCUT2D eigenvalue weighted by Gasteiger charge is 2.02. The Hall–Kier alpha value is -1.13. The number of para-hydroxylation sites is 1. The summed E-state index contributed by atoms with van der Waals surface area (Å²) < 4.78 is 0. The average molecular weight is 251 g/mol. The Morgan fingerprint density at radius 2 is 2.00 bits per heavy atom. The van der Waals surface area contributed by atoms with Crippen molar-refractivity contribution in [3.8, 4) is 0 Å². The molecule has 1 rings (SSSR count). The van der Waals surface area contributed by atoms with E-state index in [9.17, 15) is 0 Å². The summed E-state index contributed by atoms with van der Waals surface area (Å²) in [5.74, 6) is 0. The van der Waals surface area contributed by atoms with Crippen LogP contribution < -0.4 is 11.1 Å². The minimum Gasteiger partial charge on any atom is -0.389 e. The third kappa shape index (κ3) is 5.15. The zero-order valence-corrected chi connectivity index (χ0v) is 11.4. The molecule has 0 aliphatic carbocycles. The maximum absolute atomic E-state index is 5.67. The molecule has 0 atom stereocenters. The summed E-state index contributed by atoms with van der Waals surface area (Å²) in [5.41, 5.74) is 7.63. The first-order valence-electron chi connectivity index (χ1n) is 5.88. The Labute approximate surface area is 109 Å². The Balaban J connectivity index is 2.39. The Morgan fingerprint density at radius 1 is 1.29 bits per heavy atom. The lowest BCUT2D eigenvalue weighted by molar-refractivity contribution is 0.396. The second-order valence-electron chi connectivity index (χ2n) is 4.35. The first-order chi connectivity index (χ1) is 8.11. The van der Waals surface area contributed by atoms with Crippen LogP contribution in [-0.2, 0) is 0 Å². The average Bonchev–Trinajstić information content (AvgIpc) is 2.28. The van der Waals surface area contributed by atoms with Crippen molar-refractivity contribution in [2.24, 2.45) is 5.73 Å². The van der Waals surface area contributed by atoms with Crippen molar-refractivity contribution >= 4 is 22.9 Å². The number of unbranched alkanes of at least 4 members (excludes halogenated alkanes) is 1. The van der Waals surface area contributed by atoms with E-state index in [4.69, 9.17) is 18.0 Å². The number of hydrogen-bond donors (Lipinski definition) is 2. The van der Waals surface area contributed by atoms with Crippen LogP contribution in [0.2, 0.25) is 0 Å². The van der Waals surface area contributed by atoms with Gasteiger partial charge in [0, 0.05) is 17.8 Å². The van der Waals surface area contributed by atoms with Gasteiger partial charge in [0.25, 0.3) is 0 Å². The molecule has 1 aromatic rings. The first-order valence-corrected chi connectivity index (χ1v) is 6.29. The molecule has 0 heterocycles. The monoisotopic (exact) mass is 251 g/mol. The smallest absolute Gasteiger partial charge is 0.106 e. The topological polar surface area (TPSA) is 41.3 Å². The maximum Gasteiger partial charge on any atom is 0.106 e. The van der Waals surface area contributed by atoms with Crippen LogP contribution >= 0.6 is 12.2 Å². The highest BCUT2D eigenvalue weighted by molar-refractivity contribution is 7.80. The van der Waals surface area contributed by atoms with E-state index in [-0.39, 0.29) is 0 Å². The van der Waals surface area contributed by atoms with Crippen molar-refractivity contribution < 1.29 is 0 Å². The molecule has 0 saturated carbocycles. The van der Waals surface area contributed by atoms with Gasteiger partial charge in [-0.3, -0.25) is 0 Å². The van der Waals surface area contributed by atoms with Crippen molar-refractivity contribution in [3.63, 3.8) is 0 Å². The van der Waals surface area contributed by atoms with Gasteiger partial charge in [0.15, 0.2) is 0 Å². The number of rotatable bonds is 7. The van der Waals surface area contributed by atoms with Gasteiger partial charge < -0.3 is 16.0 Å². The molecule has 17 heavy (non-hydrogen) atoms. The van der Waals surface area contributed by atoms with E-state index in [0.717, 1.165) is 30.8 Å². The van der Waals surface area contributed by atoms with Gasteiger partial charge in [-0.25, -0.2) is 0 Å². The molecule has 0 aliphatic heterocycles. The number of nitrogens with two attached hydrogens (primary N) is 1. The third-order valence-electron chi connectivity index (χ3n) is 2.54. The Kier molecular flexibility index (Phi) is 5.94. The summed E-state index contributed by atoms with van der Waals surface area (Å²) in [4.78, 5) is 2.64. The predicted molar refractivity (Wildman–Crippen MR) is 78.6 cm³/mol. The largest absolute Gasteiger partial charge is 0.389 e. The molecule has 94 valence electrons. The summed E-state index contributed by atoms with van der Waals surface area (Å²) in [6.07, 6.45) is 2.33. The van der Waals surface area contributed by atoms with Crippen molar-refractivity contribution in [3.05, 3.63) is 29.8 Å². The van der Waals surface area contributed by atoms with Crippen LogP contribution in [0.5, 0.6) is 0 Å². The predicted octanol–water partition coefficient (Wildman–Crippen LogP) is 2.07. The van der Waals surface area contributed by atoms with Crippen molar-refractivity contribution in [1.82, 2.24) is 4.90 Å². The molecule has 1 aromatic carbocycles. The number of hydrogen-bond acceptors (Lipinski definition) is 3. The molecular formula is C13H21N3S. The summed E-state index contributed by atoms with van der Waals surface area (Å²) in [6, 6.07) is 7.90. The third-order valence-corrected chi connectivity index (χ3v) is 2.76. The van der Waals surface area contributed by atoms with Crippen LogP contribution in [0.4, 0.5) is 5.69 Å². The highest BCUT2D eigenvalue weighted by atomic mass is 32.1. The molecule has 0 spiro atoms. The van der Waals surface area contributed by atoms with Gasteiger partial charge in [-0.2, -0.15) is 0 Å². The zero-order chi connectivity index (χ0) is 12.7. The zero-order valence-electron chi connectivity index (χ0n) is 10.6. The molecule has 0 bridgehead atoms. The molecule has 0 unspecified atom stereocenters. The fourth-order valence-corrected chi connectivity index (χ4v) is 1.81. The van der Waals surface area contributed by atoms with Gasteiger partial charge in [-0.1, -0.05) is 24.4 Å². The van der Waals surface area contributed by atoms with Crippen LogP contribution in [0.15, 0.2) is 24.3 Å². The SMILES string of the molecule is CN(C)CCCCNc1ccccc1C(N)=S. The van der Waals surface area contributed by atoms with E-state index in [2.05, 4.69) is 24.3 Å².